The van der Waals surface area contributed by atoms with Gasteiger partial charge in [-0.15, -0.1) is 0 Å². The summed E-state index contributed by atoms with van der Waals surface area (Å²) in [7, 11) is 0. The number of benzene rings is 1. The summed E-state index contributed by atoms with van der Waals surface area (Å²) < 4.78 is 19.4. The molecule has 7 rings (SSSR count). The summed E-state index contributed by atoms with van der Waals surface area (Å²) in [6, 6.07) is 8.91. The average Bonchev–Trinajstić information content (AvgIpc) is 3.08. The van der Waals surface area contributed by atoms with E-state index in [1.165, 1.54) is 49.9 Å². The van der Waals surface area contributed by atoms with Crippen LogP contribution in [0.5, 0.6) is 0 Å². The Kier molecular flexibility index (Phi) is 6.28. The molecule has 6 fully saturated rings. The summed E-state index contributed by atoms with van der Waals surface area (Å²) >= 11 is 0. The first-order valence-electron chi connectivity index (χ1n) is 13.6. The van der Waals surface area contributed by atoms with Crippen molar-refractivity contribution in [2.24, 2.45) is 23.7 Å². The number of nitrogens with zero attached hydrogens (tertiary/aromatic N) is 1. The van der Waals surface area contributed by atoms with Crippen LogP contribution in [0.3, 0.4) is 0 Å². The highest BCUT2D eigenvalue weighted by molar-refractivity contribution is 5.22. The maximum Gasteiger partial charge on any atom is 0.201 e. The molecule has 1 aliphatic carbocycles. The van der Waals surface area contributed by atoms with E-state index in [0.29, 0.717) is 24.4 Å². The van der Waals surface area contributed by atoms with Crippen molar-refractivity contribution in [3.63, 3.8) is 0 Å². The molecule has 34 heavy (non-hydrogen) atoms. The van der Waals surface area contributed by atoms with Gasteiger partial charge in [-0.1, -0.05) is 44.5 Å². The highest BCUT2D eigenvalue weighted by atomic mass is 17.3. The summed E-state index contributed by atoms with van der Waals surface area (Å²) in [5.41, 5.74) is 2.04. The summed E-state index contributed by atoms with van der Waals surface area (Å²) in [5, 5.41) is 0. The van der Waals surface area contributed by atoms with E-state index in [1.54, 1.807) is 0 Å². The van der Waals surface area contributed by atoms with Gasteiger partial charge in [0.25, 0.3) is 0 Å². The number of fused-ring (bicyclic) bond motifs is 2. The zero-order chi connectivity index (χ0) is 23.3. The van der Waals surface area contributed by atoms with Gasteiger partial charge < -0.3 is 14.2 Å². The van der Waals surface area contributed by atoms with Gasteiger partial charge in [-0.25, -0.2) is 9.78 Å². The number of hydrogen-bond donors (Lipinski definition) is 0. The van der Waals surface area contributed by atoms with Crippen molar-refractivity contribution >= 4 is 0 Å². The molecule has 6 nitrogen and oxygen atoms in total. The van der Waals surface area contributed by atoms with Gasteiger partial charge in [0.05, 0.1) is 6.61 Å². The van der Waals surface area contributed by atoms with E-state index in [1.807, 2.05) is 6.92 Å². The van der Waals surface area contributed by atoms with Crippen molar-refractivity contribution in [3.8, 4) is 0 Å². The zero-order valence-electron chi connectivity index (χ0n) is 21.0. The van der Waals surface area contributed by atoms with E-state index in [-0.39, 0.29) is 12.2 Å². The van der Waals surface area contributed by atoms with Crippen molar-refractivity contribution in [1.82, 2.24) is 4.90 Å². The quantitative estimate of drug-likeness (QED) is 0.536. The molecule has 8 atom stereocenters. The van der Waals surface area contributed by atoms with Gasteiger partial charge in [0, 0.05) is 24.8 Å². The lowest BCUT2D eigenvalue weighted by Gasteiger charge is -2.60. The number of hydrogen-bond acceptors (Lipinski definition) is 6. The monoisotopic (exact) mass is 471 g/mol. The summed E-state index contributed by atoms with van der Waals surface area (Å²) in [6.45, 7) is 10.6. The lowest BCUT2D eigenvalue weighted by atomic mass is 9.58. The second-order valence-corrected chi connectivity index (χ2v) is 11.7. The standard InChI is InChI=1S/C28H41NO5/c1-19-7-12-24-20(2)25(31-26-28(24)23(19)13-14-27(3,32-26)33-34-28)30-18-22-10-8-21(9-11-22)17-29-15-5-4-6-16-29/h8-11,19-20,23-26H,4-7,12-18H2,1-3H3/t19-,20-,23+,24+,25+,26-,27-,28-/m1/s1. The van der Waals surface area contributed by atoms with Crippen LogP contribution in [0.25, 0.3) is 0 Å². The number of rotatable bonds is 5. The van der Waals surface area contributed by atoms with Crippen molar-refractivity contribution in [2.45, 2.75) is 103 Å². The summed E-state index contributed by atoms with van der Waals surface area (Å²) in [4.78, 5) is 14.7. The van der Waals surface area contributed by atoms with Gasteiger partial charge in [-0.2, -0.15) is 0 Å². The Labute approximate surface area is 204 Å². The first-order chi connectivity index (χ1) is 16.5. The van der Waals surface area contributed by atoms with E-state index in [4.69, 9.17) is 24.0 Å². The predicted molar refractivity (Wildman–Crippen MR) is 127 cm³/mol. The van der Waals surface area contributed by atoms with Gasteiger partial charge in [-0.05, 0) is 75.1 Å². The van der Waals surface area contributed by atoms with Gasteiger partial charge in [0.15, 0.2) is 18.2 Å². The maximum absolute atomic E-state index is 6.55. The minimum absolute atomic E-state index is 0.208. The van der Waals surface area contributed by atoms with E-state index in [2.05, 4.69) is 43.0 Å². The number of ether oxygens (including phenoxy) is 3. The fourth-order valence-electron chi connectivity index (χ4n) is 7.36. The zero-order valence-corrected chi connectivity index (χ0v) is 21.0. The van der Waals surface area contributed by atoms with Crippen LogP contribution in [0.1, 0.15) is 76.8 Å². The van der Waals surface area contributed by atoms with Gasteiger partial charge in [0.2, 0.25) is 5.79 Å². The molecule has 188 valence electrons. The Hall–Kier alpha value is -1.02. The molecule has 1 aromatic carbocycles. The predicted octanol–water partition coefficient (Wildman–Crippen LogP) is 5.40. The number of piperidine rings is 1. The Morgan fingerprint density at radius 1 is 0.941 bits per heavy atom. The van der Waals surface area contributed by atoms with E-state index < -0.39 is 17.7 Å². The van der Waals surface area contributed by atoms with Crippen LogP contribution >= 0.6 is 0 Å². The molecular formula is C28H41NO5. The molecule has 6 heteroatoms. The normalized spacial score (nSPS) is 44.4. The molecule has 5 heterocycles. The molecule has 5 aliphatic heterocycles. The second kappa shape index (κ2) is 9.13. The van der Waals surface area contributed by atoms with Crippen LogP contribution in [0, 0.1) is 23.7 Å². The van der Waals surface area contributed by atoms with Crippen LogP contribution in [0.15, 0.2) is 24.3 Å². The average molecular weight is 472 g/mol. The molecular weight excluding hydrogens is 430 g/mol. The van der Waals surface area contributed by atoms with Gasteiger partial charge >= 0.3 is 0 Å². The fraction of sp³-hybridized carbons (Fsp3) is 0.786. The minimum atomic E-state index is -0.743. The van der Waals surface area contributed by atoms with E-state index in [9.17, 15) is 0 Å². The molecule has 0 amide bonds. The van der Waals surface area contributed by atoms with Gasteiger partial charge in [0.1, 0.15) is 0 Å². The van der Waals surface area contributed by atoms with Crippen LogP contribution in [0.4, 0.5) is 0 Å². The molecule has 1 spiro atoms. The third kappa shape index (κ3) is 4.04. The lowest BCUT2D eigenvalue weighted by molar-refractivity contribution is -0.577. The third-order valence-electron chi connectivity index (χ3n) is 9.39. The third-order valence-corrected chi connectivity index (χ3v) is 9.39. The van der Waals surface area contributed by atoms with Crippen LogP contribution in [0.2, 0.25) is 0 Å². The molecule has 0 radical (unpaired) electrons. The topological polar surface area (TPSA) is 49.4 Å². The van der Waals surface area contributed by atoms with Crippen molar-refractivity contribution in [1.29, 1.82) is 0 Å². The van der Waals surface area contributed by atoms with E-state index >= 15 is 0 Å². The second-order valence-electron chi connectivity index (χ2n) is 11.7. The smallest absolute Gasteiger partial charge is 0.201 e. The first kappa shape index (κ1) is 23.4. The Balaban J connectivity index is 1.13. The highest BCUT2D eigenvalue weighted by Crippen LogP contribution is 2.60. The van der Waals surface area contributed by atoms with Crippen LogP contribution in [-0.4, -0.2) is 42.0 Å². The maximum atomic E-state index is 6.55. The summed E-state index contributed by atoms with van der Waals surface area (Å²) in [6.07, 6.45) is 7.46. The highest BCUT2D eigenvalue weighted by Gasteiger charge is 2.69. The largest absolute Gasteiger partial charge is 0.348 e. The number of likely N-dealkylation sites (tertiary alicyclic amines) is 1. The molecule has 1 saturated carbocycles. The molecule has 5 saturated heterocycles. The first-order valence-corrected chi connectivity index (χ1v) is 13.6. The summed E-state index contributed by atoms with van der Waals surface area (Å²) in [5.74, 6) is 0.721. The molecule has 2 bridgehead atoms. The van der Waals surface area contributed by atoms with Crippen LogP contribution < -0.4 is 0 Å². The molecule has 6 aliphatic rings. The minimum Gasteiger partial charge on any atom is -0.348 e. The molecule has 0 aromatic heterocycles. The Morgan fingerprint density at radius 2 is 1.71 bits per heavy atom. The van der Waals surface area contributed by atoms with Crippen LogP contribution in [-0.2, 0) is 37.1 Å². The van der Waals surface area contributed by atoms with Gasteiger partial charge in [-0.3, -0.25) is 4.90 Å². The molecule has 0 unspecified atom stereocenters. The Morgan fingerprint density at radius 3 is 2.50 bits per heavy atom. The SMILES string of the molecule is C[C@H]1[C@@H](OCc2ccc(CN3CCCCC3)cc2)O[C@@H]2O[C@@]3(C)CC[C@H]4[C@H](C)CC[C@@H]1[C@@]24OO3. The molecule has 0 N–H and O–H groups in total. The lowest BCUT2D eigenvalue weighted by Crippen LogP contribution is -2.70. The van der Waals surface area contributed by atoms with Crippen molar-refractivity contribution in [3.05, 3.63) is 35.4 Å². The Bertz CT molecular complexity index is 857. The van der Waals surface area contributed by atoms with Crippen molar-refractivity contribution < 1.29 is 24.0 Å². The fourth-order valence-corrected chi connectivity index (χ4v) is 7.36. The van der Waals surface area contributed by atoms with E-state index in [0.717, 1.165) is 25.8 Å². The van der Waals surface area contributed by atoms with Crippen molar-refractivity contribution in [2.75, 3.05) is 13.1 Å². The molecule has 1 aromatic rings.